The predicted molar refractivity (Wildman–Crippen MR) is 49.5 cm³/mol. The average molecular weight is 211 g/mol. The van der Waals surface area contributed by atoms with E-state index in [1.165, 1.54) is 0 Å². The molecule has 1 radical (unpaired) electrons. The van der Waals surface area contributed by atoms with E-state index in [1.54, 1.807) is 6.92 Å². The second kappa shape index (κ2) is 13.4. The largest absolute Gasteiger partial charge is 0.462 e. The van der Waals surface area contributed by atoms with Crippen molar-refractivity contribution in [3.05, 3.63) is 12.2 Å². The van der Waals surface area contributed by atoms with Gasteiger partial charge in [-0.05, 0) is 13.3 Å². The van der Waals surface area contributed by atoms with E-state index in [-0.39, 0.29) is 39.4 Å². The number of carbonyl (C=O) groups excluding carboxylic acids is 1. The maximum absolute atomic E-state index is 10.6. The van der Waals surface area contributed by atoms with Crippen molar-refractivity contribution >= 4 is 5.97 Å². The Labute approximate surface area is 88.3 Å². The molecule has 0 fully saturated rings. The van der Waals surface area contributed by atoms with Gasteiger partial charge in [0.1, 0.15) is 0 Å². The van der Waals surface area contributed by atoms with Crippen LogP contribution >= 0.6 is 0 Å². The smallest absolute Gasteiger partial charge is 0.333 e. The summed E-state index contributed by atoms with van der Waals surface area (Å²) in [5, 5.41) is 0. The van der Waals surface area contributed by atoms with Crippen LogP contribution in [0.2, 0.25) is 0 Å². The van der Waals surface area contributed by atoms with Gasteiger partial charge < -0.3 is 4.74 Å². The predicted octanol–water partition coefficient (Wildman–Crippen LogP) is 2.79. The number of carbonyl (C=O) groups is 1. The molecule has 0 saturated carbocycles. The zero-order valence-electron chi connectivity index (χ0n) is 6.39. The van der Waals surface area contributed by atoms with Crippen LogP contribution in [-0.4, -0.2) is 12.6 Å². The van der Waals surface area contributed by atoms with E-state index in [9.17, 15) is 4.79 Å². The van der Waals surface area contributed by atoms with Gasteiger partial charge in [0.05, 0.1) is 6.61 Å². The normalized spacial score (nSPS) is 6.50. The van der Waals surface area contributed by atoms with Crippen LogP contribution in [0.1, 0.15) is 35.1 Å². The number of hydrogen-bond donors (Lipinski definition) is 0. The average Bonchev–Trinajstić information content (AvgIpc) is 1.82. The van der Waals surface area contributed by atoms with Crippen LogP contribution in [0.5, 0.6) is 0 Å². The van der Waals surface area contributed by atoms with Gasteiger partial charge in [-0.3, -0.25) is 0 Å². The Morgan fingerprint density at radius 2 is 1.83 bits per heavy atom. The molecule has 0 N–H and O–H groups in total. The fourth-order valence-corrected chi connectivity index (χ4v) is 0.318. The maximum Gasteiger partial charge on any atom is 0.333 e. The van der Waals surface area contributed by atoms with Crippen molar-refractivity contribution in [3.63, 3.8) is 0 Å². The summed E-state index contributed by atoms with van der Waals surface area (Å²) in [5.74, 6) is -0.295. The molecular formula is C9H20O2V. The first-order valence-corrected chi connectivity index (χ1v) is 3.01. The molecule has 0 bridgehead atoms. The molecule has 0 aromatic carbocycles. The first kappa shape index (κ1) is 22.6. The summed E-state index contributed by atoms with van der Waals surface area (Å²) in [7, 11) is 0. The Morgan fingerprint density at radius 1 is 1.42 bits per heavy atom. The van der Waals surface area contributed by atoms with Gasteiger partial charge in [0.25, 0.3) is 0 Å². The summed E-state index contributed by atoms with van der Waals surface area (Å²) in [6.45, 7) is 7.51. The topological polar surface area (TPSA) is 26.3 Å². The van der Waals surface area contributed by atoms with Gasteiger partial charge in [-0.1, -0.05) is 28.4 Å². The Bertz CT molecular complexity index is 122. The third-order valence-corrected chi connectivity index (χ3v) is 0.786. The molecule has 0 saturated heterocycles. The van der Waals surface area contributed by atoms with Crippen LogP contribution in [-0.2, 0) is 28.1 Å². The zero-order chi connectivity index (χ0) is 7.28. The summed E-state index contributed by atoms with van der Waals surface area (Å²) in [6, 6.07) is 0. The third kappa shape index (κ3) is 12.5. The summed E-state index contributed by atoms with van der Waals surface area (Å²) >= 11 is 0. The molecule has 0 aliphatic carbocycles. The number of esters is 1. The van der Waals surface area contributed by atoms with Crippen LogP contribution in [0.4, 0.5) is 0 Å². The van der Waals surface area contributed by atoms with E-state index >= 15 is 0 Å². The Morgan fingerprint density at radius 3 is 2.08 bits per heavy atom. The van der Waals surface area contributed by atoms with Crippen LogP contribution in [0, 0.1) is 0 Å². The first-order valence-electron chi connectivity index (χ1n) is 3.01. The van der Waals surface area contributed by atoms with Crippen molar-refractivity contribution in [2.24, 2.45) is 0 Å². The molecule has 0 aromatic heterocycles. The minimum absolute atomic E-state index is 0. The fraction of sp³-hybridized carbons (Fsp3) is 0.667. The van der Waals surface area contributed by atoms with E-state index in [4.69, 9.17) is 4.74 Å². The molecule has 0 spiro atoms. The second-order valence-electron chi connectivity index (χ2n) is 1.92. The molecule has 0 aliphatic heterocycles. The van der Waals surface area contributed by atoms with Gasteiger partial charge >= 0.3 is 5.97 Å². The standard InChI is InChI=1S/C7H12O2.2CH4.V/c1-4-5-9-7(8)6(2)3;;;/h2,4-5H2,1,3H3;2*1H4;. The summed E-state index contributed by atoms with van der Waals surface area (Å²) in [6.07, 6.45) is 0.860. The SMILES string of the molecule is C.C.C=C(C)C(=O)OCCC.[V]. The molecule has 0 unspecified atom stereocenters. The van der Waals surface area contributed by atoms with Crippen LogP contribution in [0.3, 0.4) is 0 Å². The van der Waals surface area contributed by atoms with Gasteiger partial charge in [-0.2, -0.15) is 0 Å². The summed E-state index contributed by atoms with van der Waals surface area (Å²) in [5.41, 5.74) is 0.462. The van der Waals surface area contributed by atoms with Crippen LogP contribution in [0.15, 0.2) is 12.2 Å². The van der Waals surface area contributed by atoms with Crippen molar-refractivity contribution < 1.29 is 28.1 Å². The van der Waals surface area contributed by atoms with E-state index in [0.717, 1.165) is 6.42 Å². The maximum atomic E-state index is 10.6. The van der Waals surface area contributed by atoms with Crippen molar-refractivity contribution in [3.8, 4) is 0 Å². The van der Waals surface area contributed by atoms with Crippen LogP contribution in [0.25, 0.3) is 0 Å². The number of hydrogen-bond acceptors (Lipinski definition) is 2. The third-order valence-electron chi connectivity index (χ3n) is 0.786. The number of rotatable bonds is 3. The Kier molecular flexibility index (Phi) is 25.2. The van der Waals surface area contributed by atoms with Gasteiger partial charge in [0, 0.05) is 24.1 Å². The van der Waals surface area contributed by atoms with E-state index in [1.807, 2.05) is 6.92 Å². The monoisotopic (exact) mass is 211 g/mol. The zero-order valence-corrected chi connectivity index (χ0v) is 7.78. The molecule has 12 heavy (non-hydrogen) atoms. The molecule has 0 amide bonds. The second-order valence-corrected chi connectivity index (χ2v) is 1.92. The molecule has 0 aromatic rings. The Hall–Kier alpha value is -0.206. The minimum atomic E-state index is -0.295. The van der Waals surface area contributed by atoms with E-state index in [2.05, 4.69) is 6.58 Å². The van der Waals surface area contributed by atoms with Crippen molar-refractivity contribution in [2.75, 3.05) is 6.61 Å². The van der Waals surface area contributed by atoms with Crippen molar-refractivity contribution in [2.45, 2.75) is 35.1 Å². The van der Waals surface area contributed by atoms with Gasteiger partial charge in [0.15, 0.2) is 0 Å². The van der Waals surface area contributed by atoms with Crippen molar-refractivity contribution in [1.82, 2.24) is 0 Å². The van der Waals surface area contributed by atoms with Gasteiger partial charge in [-0.25, -0.2) is 4.79 Å². The van der Waals surface area contributed by atoms with E-state index < -0.39 is 0 Å². The summed E-state index contributed by atoms with van der Waals surface area (Å²) < 4.78 is 4.71. The van der Waals surface area contributed by atoms with Crippen LogP contribution < -0.4 is 0 Å². The molecule has 0 atom stereocenters. The molecular weight excluding hydrogens is 191 g/mol. The summed E-state index contributed by atoms with van der Waals surface area (Å²) in [4.78, 5) is 10.6. The quantitative estimate of drug-likeness (QED) is 0.530. The van der Waals surface area contributed by atoms with E-state index in [0.29, 0.717) is 12.2 Å². The number of ether oxygens (including phenoxy) is 1. The molecule has 0 aliphatic rings. The first-order chi connectivity index (χ1) is 4.18. The Balaban J connectivity index is -0.000000107. The molecule has 0 heterocycles. The fourth-order valence-electron chi connectivity index (χ4n) is 0.318. The molecule has 3 heteroatoms. The van der Waals surface area contributed by atoms with Gasteiger partial charge in [0.2, 0.25) is 0 Å². The van der Waals surface area contributed by atoms with Crippen molar-refractivity contribution in [1.29, 1.82) is 0 Å². The molecule has 73 valence electrons. The molecule has 2 nitrogen and oxygen atoms in total. The minimum Gasteiger partial charge on any atom is -0.462 e. The van der Waals surface area contributed by atoms with Gasteiger partial charge in [-0.15, -0.1) is 0 Å². The molecule has 0 rings (SSSR count).